The molecule has 1 aromatic heterocycles. The molecular formula is C18H22N4O4. The molecule has 1 heterocycles. The summed E-state index contributed by atoms with van der Waals surface area (Å²) in [7, 11) is 1.54. The number of nitrogens with zero attached hydrogens (tertiary/aromatic N) is 3. The normalized spacial score (nSPS) is 13.5. The molecule has 1 aliphatic carbocycles. The van der Waals surface area contributed by atoms with E-state index in [-0.39, 0.29) is 12.2 Å². The van der Waals surface area contributed by atoms with Crippen molar-refractivity contribution in [3.8, 4) is 11.4 Å². The third kappa shape index (κ3) is 3.68. The lowest BCUT2D eigenvalue weighted by molar-refractivity contribution is 0.0942. The number of benzene rings is 1. The zero-order valence-electron chi connectivity index (χ0n) is 14.9. The van der Waals surface area contributed by atoms with Crippen LogP contribution in [0.1, 0.15) is 36.7 Å². The lowest BCUT2D eigenvalue weighted by Crippen LogP contribution is -2.46. The highest BCUT2D eigenvalue weighted by atomic mass is 16.5. The topological polar surface area (TPSA) is 95.2 Å². The van der Waals surface area contributed by atoms with Gasteiger partial charge in [0.25, 0.3) is 11.5 Å². The van der Waals surface area contributed by atoms with Crippen molar-refractivity contribution in [2.24, 2.45) is 5.92 Å². The molecular weight excluding hydrogens is 336 g/mol. The number of methoxy groups -OCH3 is 1. The lowest BCUT2D eigenvalue weighted by Gasteiger charge is -2.12. The van der Waals surface area contributed by atoms with Crippen LogP contribution in [-0.2, 0) is 6.54 Å². The van der Waals surface area contributed by atoms with Crippen molar-refractivity contribution in [2.75, 3.05) is 13.7 Å². The van der Waals surface area contributed by atoms with Crippen LogP contribution >= 0.6 is 0 Å². The van der Waals surface area contributed by atoms with Crippen LogP contribution in [0.5, 0.6) is 5.75 Å². The first-order valence-corrected chi connectivity index (χ1v) is 8.72. The summed E-state index contributed by atoms with van der Waals surface area (Å²) in [5, 5.41) is 6.79. The highest BCUT2D eigenvalue weighted by Crippen LogP contribution is 2.27. The van der Waals surface area contributed by atoms with Crippen LogP contribution in [0.4, 0.5) is 0 Å². The molecule has 26 heavy (non-hydrogen) atoms. The van der Waals surface area contributed by atoms with Crippen molar-refractivity contribution in [3.63, 3.8) is 0 Å². The van der Waals surface area contributed by atoms with Gasteiger partial charge in [-0.1, -0.05) is 6.92 Å². The van der Waals surface area contributed by atoms with E-state index in [1.165, 1.54) is 0 Å². The Labute approximate surface area is 150 Å². The van der Waals surface area contributed by atoms with Gasteiger partial charge in [0.2, 0.25) is 5.69 Å². The average molecular weight is 358 g/mol. The van der Waals surface area contributed by atoms with Gasteiger partial charge in [-0.15, -0.1) is 0 Å². The maximum atomic E-state index is 12.7. The molecule has 1 amide bonds. The highest BCUT2D eigenvalue weighted by molar-refractivity contribution is 5.91. The van der Waals surface area contributed by atoms with E-state index in [4.69, 9.17) is 4.74 Å². The van der Waals surface area contributed by atoms with Gasteiger partial charge in [-0.2, -0.15) is 9.78 Å². The van der Waals surface area contributed by atoms with Gasteiger partial charge in [0, 0.05) is 13.1 Å². The Hall–Kier alpha value is -2.90. The number of carbonyl (C=O) groups is 1. The first-order valence-electron chi connectivity index (χ1n) is 8.72. The molecule has 0 atom stereocenters. The Kier molecular flexibility index (Phi) is 5.20. The summed E-state index contributed by atoms with van der Waals surface area (Å²) in [6.45, 7) is 2.60. The van der Waals surface area contributed by atoms with Gasteiger partial charge < -0.3 is 10.1 Å². The van der Waals surface area contributed by atoms with Gasteiger partial charge >= 0.3 is 5.69 Å². The predicted octanol–water partition coefficient (Wildman–Crippen LogP) is 0.953. The SMILES string of the molecule is CCCn1c(=O)c(C(=O)NCC2CC2)nn(-c2ccc(OC)cc2)c1=O. The Morgan fingerprint density at radius 2 is 1.96 bits per heavy atom. The molecule has 8 heteroatoms. The first-order chi connectivity index (χ1) is 12.5. The second-order valence-corrected chi connectivity index (χ2v) is 6.35. The van der Waals surface area contributed by atoms with Gasteiger partial charge in [-0.05, 0) is 49.4 Å². The molecule has 3 rings (SSSR count). The summed E-state index contributed by atoms with van der Waals surface area (Å²) < 4.78 is 7.26. The van der Waals surface area contributed by atoms with Gasteiger partial charge in [0.05, 0.1) is 12.8 Å². The second-order valence-electron chi connectivity index (χ2n) is 6.35. The standard InChI is InChI=1S/C18H22N4O4/c1-3-10-21-17(24)15(16(23)19-11-12-4-5-12)20-22(18(21)25)13-6-8-14(26-2)9-7-13/h6-9,12H,3-5,10-11H2,1-2H3,(H,19,23). The van der Waals surface area contributed by atoms with E-state index in [0.717, 1.165) is 22.1 Å². The molecule has 0 spiro atoms. The maximum absolute atomic E-state index is 12.7. The van der Waals surface area contributed by atoms with Crippen molar-refractivity contribution in [1.29, 1.82) is 0 Å². The molecule has 1 aromatic carbocycles. The molecule has 1 saturated carbocycles. The summed E-state index contributed by atoms with van der Waals surface area (Å²) in [5.74, 6) is 0.560. The van der Waals surface area contributed by atoms with Gasteiger partial charge in [-0.25, -0.2) is 4.79 Å². The highest BCUT2D eigenvalue weighted by Gasteiger charge is 2.24. The van der Waals surface area contributed by atoms with Crippen LogP contribution in [0.3, 0.4) is 0 Å². The van der Waals surface area contributed by atoms with E-state index < -0.39 is 17.2 Å². The van der Waals surface area contributed by atoms with Crippen LogP contribution in [-0.4, -0.2) is 33.9 Å². The Bertz CT molecular complexity index is 910. The number of hydrogen-bond acceptors (Lipinski definition) is 5. The fourth-order valence-corrected chi connectivity index (χ4v) is 2.61. The van der Waals surface area contributed by atoms with Crippen molar-refractivity contribution in [2.45, 2.75) is 32.7 Å². The van der Waals surface area contributed by atoms with Crippen molar-refractivity contribution >= 4 is 5.91 Å². The van der Waals surface area contributed by atoms with E-state index in [1.807, 2.05) is 6.92 Å². The number of hydrogen-bond donors (Lipinski definition) is 1. The van der Waals surface area contributed by atoms with Crippen molar-refractivity contribution < 1.29 is 9.53 Å². The summed E-state index contributed by atoms with van der Waals surface area (Å²) in [4.78, 5) is 37.7. The van der Waals surface area contributed by atoms with Crippen LogP contribution < -0.4 is 21.3 Å². The van der Waals surface area contributed by atoms with E-state index >= 15 is 0 Å². The fourth-order valence-electron chi connectivity index (χ4n) is 2.61. The molecule has 1 N–H and O–H groups in total. The van der Waals surface area contributed by atoms with Crippen LogP contribution in [0.25, 0.3) is 5.69 Å². The quantitative estimate of drug-likeness (QED) is 0.795. The minimum absolute atomic E-state index is 0.221. The third-order valence-electron chi connectivity index (χ3n) is 4.29. The van der Waals surface area contributed by atoms with Gasteiger partial charge in [-0.3, -0.25) is 14.2 Å². The molecule has 0 bridgehead atoms. The smallest absolute Gasteiger partial charge is 0.352 e. The molecule has 138 valence electrons. The largest absolute Gasteiger partial charge is 0.497 e. The van der Waals surface area contributed by atoms with Crippen LogP contribution in [0, 0.1) is 5.92 Å². The van der Waals surface area contributed by atoms with E-state index in [0.29, 0.717) is 30.3 Å². The van der Waals surface area contributed by atoms with Crippen molar-refractivity contribution in [1.82, 2.24) is 19.7 Å². The molecule has 0 saturated heterocycles. The number of nitrogens with one attached hydrogen (secondary N) is 1. The van der Waals surface area contributed by atoms with E-state index in [2.05, 4.69) is 10.4 Å². The Morgan fingerprint density at radius 3 is 2.54 bits per heavy atom. The number of ether oxygens (including phenoxy) is 1. The monoisotopic (exact) mass is 358 g/mol. The zero-order chi connectivity index (χ0) is 18.7. The summed E-state index contributed by atoms with van der Waals surface area (Å²) in [6.07, 6.45) is 2.75. The van der Waals surface area contributed by atoms with Crippen LogP contribution in [0.2, 0.25) is 0 Å². The fraction of sp³-hybridized carbons (Fsp3) is 0.444. The summed E-state index contributed by atoms with van der Waals surface area (Å²) in [5.41, 5.74) is -1.04. The average Bonchev–Trinajstić information content (AvgIpc) is 3.48. The predicted molar refractivity (Wildman–Crippen MR) is 96.0 cm³/mol. The van der Waals surface area contributed by atoms with E-state index in [9.17, 15) is 14.4 Å². The lowest BCUT2D eigenvalue weighted by atomic mass is 10.3. The number of amides is 1. The maximum Gasteiger partial charge on any atom is 0.352 e. The minimum atomic E-state index is -0.657. The molecule has 8 nitrogen and oxygen atoms in total. The Balaban J connectivity index is 2.05. The number of aromatic nitrogens is 3. The zero-order valence-corrected chi connectivity index (χ0v) is 14.9. The minimum Gasteiger partial charge on any atom is -0.497 e. The van der Waals surface area contributed by atoms with Crippen LogP contribution in [0.15, 0.2) is 33.9 Å². The van der Waals surface area contributed by atoms with E-state index in [1.54, 1.807) is 31.4 Å². The molecule has 1 fully saturated rings. The van der Waals surface area contributed by atoms with Gasteiger partial charge in [0.1, 0.15) is 5.75 Å². The van der Waals surface area contributed by atoms with Gasteiger partial charge in [0.15, 0.2) is 0 Å². The number of rotatable bonds is 7. The molecule has 0 radical (unpaired) electrons. The van der Waals surface area contributed by atoms with Crippen molar-refractivity contribution in [3.05, 3.63) is 50.8 Å². The molecule has 0 unspecified atom stereocenters. The molecule has 1 aliphatic rings. The molecule has 2 aromatic rings. The molecule has 0 aliphatic heterocycles. The number of carbonyl (C=O) groups excluding carboxylic acids is 1. The first kappa shape index (κ1) is 17.9. The summed E-state index contributed by atoms with van der Waals surface area (Å²) >= 11 is 0. The second kappa shape index (κ2) is 7.55. The third-order valence-corrected chi connectivity index (χ3v) is 4.29. The Morgan fingerprint density at radius 1 is 1.27 bits per heavy atom. The summed E-state index contributed by atoms with van der Waals surface area (Å²) in [6, 6.07) is 6.68.